The fourth-order valence-corrected chi connectivity index (χ4v) is 1.65. The van der Waals surface area contributed by atoms with Crippen LogP contribution in [-0.2, 0) is 10.4 Å². The second-order valence-corrected chi connectivity index (χ2v) is 4.06. The molecule has 1 unspecified atom stereocenters. The minimum atomic E-state index is -1.14. The van der Waals surface area contributed by atoms with Crippen molar-refractivity contribution < 1.29 is 9.90 Å². The molecule has 1 atom stereocenters. The average molecular weight is 215 g/mol. The maximum atomic E-state index is 10.5. The van der Waals surface area contributed by atoms with E-state index in [-0.39, 0.29) is 6.42 Å². The maximum Gasteiger partial charge on any atom is 0.123 e. The quantitative estimate of drug-likeness (QED) is 0.797. The number of aromatic nitrogens is 1. The van der Waals surface area contributed by atoms with Crippen LogP contribution in [0.15, 0.2) is 36.5 Å². The van der Waals surface area contributed by atoms with Gasteiger partial charge in [0.1, 0.15) is 6.29 Å². The van der Waals surface area contributed by atoms with E-state index in [2.05, 4.69) is 4.98 Å². The van der Waals surface area contributed by atoms with Crippen molar-refractivity contribution in [1.82, 2.24) is 4.98 Å². The highest BCUT2D eigenvalue weighted by atomic mass is 16.3. The van der Waals surface area contributed by atoms with Gasteiger partial charge in [-0.3, -0.25) is 4.98 Å². The molecular weight excluding hydrogens is 202 g/mol. The topological polar surface area (TPSA) is 50.2 Å². The average Bonchev–Trinajstić information content (AvgIpc) is 2.28. The van der Waals surface area contributed by atoms with Gasteiger partial charge in [-0.15, -0.1) is 0 Å². The van der Waals surface area contributed by atoms with E-state index in [0.29, 0.717) is 5.56 Å². The van der Waals surface area contributed by atoms with Crippen LogP contribution >= 0.6 is 0 Å². The van der Waals surface area contributed by atoms with Crippen molar-refractivity contribution in [2.45, 2.75) is 18.9 Å². The SMILES string of the molecule is CC(O)(CC=O)c1cnc2ccccc2c1. The monoisotopic (exact) mass is 215 g/mol. The van der Waals surface area contributed by atoms with Crippen LogP contribution in [0.5, 0.6) is 0 Å². The Morgan fingerprint density at radius 2 is 2.19 bits per heavy atom. The minimum absolute atomic E-state index is 0.0764. The summed E-state index contributed by atoms with van der Waals surface area (Å²) < 4.78 is 0. The number of para-hydroxylation sites is 1. The van der Waals surface area contributed by atoms with Crippen LogP contribution < -0.4 is 0 Å². The van der Waals surface area contributed by atoms with E-state index in [1.807, 2.05) is 30.3 Å². The lowest BCUT2D eigenvalue weighted by atomic mass is 9.94. The van der Waals surface area contributed by atoms with Gasteiger partial charge in [-0.25, -0.2) is 0 Å². The van der Waals surface area contributed by atoms with Crippen LogP contribution in [0.4, 0.5) is 0 Å². The summed E-state index contributed by atoms with van der Waals surface area (Å²) in [5.74, 6) is 0. The molecule has 0 saturated heterocycles. The Balaban J connectivity index is 2.50. The van der Waals surface area contributed by atoms with Crippen molar-refractivity contribution in [2.24, 2.45) is 0 Å². The third-order valence-electron chi connectivity index (χ3n) is 2.69. The van der Waals surface area contributed by atoms with E-state index in [1.54, 1.807) is 13.1 Å². The van der Waals surface area contributed by atoms with Gasteiger partial charge in [-0.1, -0.05) is 18.2 Å². The van der Waals surface area contributed by atoms with Crippen molar-refractivity contribution >= 4 is 17.2 Å². The molecule has 2 aromatic rings. The van der Waals surface area contributed by atoms with Crippen LogP contribution in [0.25, 0.3) is 10.9 Å². The number of hydrogen-bond donors (Lipinski definition) is 1. The number of aliphatic hydroxyl groups is 1. The van der Waals surface area contributed by atoms with Gasteiger partial charge in [0.15, 0.2) is 0 Å². The van der Waals surface area contributed by atoms with Gasteiger partial charge in [0.2, 0.25) is 0 Å². The molecule has 1 N–H and O–H groups in total. The molecule has 0 spiro atoms. The number of pyridine rings is 1. The number of nitrogens with zero attached hydrogens (tertiary/aromatic N) is 1. The molecule has 0 aliphatic rings. The van der Waals surface area contributed by atoms with Crippen molar-refractivity contribution in [1.29, 1.82) is 0 Å². The van der Waals surface area contributed by atoms with Crippen LogP contribution in [0, 0.1) is 0 Å². The first-order chi connectivity index (χ1) is 7.63. The summed E-state index contributed by atoms with van der Waals surface area (Å²) in [4.78, 5) is 14.7. The molecule has 0 bridgehead atoms. The summed E-state index contributed by atoms with van der Waals surface area (Å²) in [5, 5.41) is 11.0. The first kappa shape index (κ1) is 10.8. The molecule has 2 rings (SSSR count). The third kappa shape index (κ3) is 1.95. The maximum absolute atomic E-state index is 10.5. The lowest BCUT2D eigenvalue weighted by Crippen LogP contribution is -2.21. The molecule has 0 amide bonds. The highest BCUT2D eigenvalue weighted by molar-refractivity contribution is 5.79. The first-order valence-electron chi connectivity index (χ1n) is 5.15. The summed E-state index contributed by atoms with van der Waals surface area (Å²) in [7, 11) is 0. The zero-order chi connectivity index (χ0) is 11.6. The molecule has 3 heteroatoms. The molecule has 82 valence electrons. The molecule has 1 aromatic carbocycles. The fraction of sp³-hybridized carbons (Fsp3) is 0.231. The van der Waals surface area contributed by atoms with Gasteiger partial charge in [0.05, 0.1) is 11.1 Å². The molecule has 0 fully saturated rings. The van der Waals surface area contributed by atoms with Crippen molar-refractivity contribution in [3.63, 3.8) is 0 Å². The predicted molar refractivity (Wildman–Crippen MR) is 62.0 cm³/mol. The van der Waals surface area contributed by atoms with E-state index in [4.69, 9.17) is 0 Å². The van der Waals surface area contributed by atoms with E-state index in [9.17, 15) is 9.90 Å². The van der Waals surface area contributed by atoms with E-state index >= 15 is 0 Å². The smallest absolute Gasteiger partial charge is 0.123 e. The Morgan fingerprint density at radius 1 is 1.44 bits per heavy atom. The summed E-state index contributed by atoms with van der Waals surface area (Å²) in [6.45, 7) is 1.62. The molecule has 0 radical (unpaired) electrons. The van der Waals surface area contributed by atoms with E-state index < -0.39 is 5.60 Å². The van der Waals surface area contributed by atoms with Gasteiger partial charge < -0.3 is 9.90 Å². The Hall–Kier alpha value is -1.74. The van der Waals surface area contributed by atoms with Crippen LogP contribution in [-0.4, -0.2) is 16.4 Å². The number of carbonyl (C=O) groups excluding carboxylic acids is 1. The predicted octanol–water partition coefficient (Wildman–Crippen LogP) is 2.03. The summed E-state index contributed by atoms with van der Waals surface area (Å²) >= 11 is 0. The number of rotatable bonds is 3. The minimum Gasteiger partial charge on any atom is -0.385 e. The van der Waals surface area contributed by atoms with Gasteiger partial charge >= 0.3 is 0 Å². The van der Waals surface area contributed by atoms with Gasteiger partial charge in [0, 0.05) is 23.6 Å². The molecular formula is C13H13NO2. The number of benzene rings is 1. The number of aldehydes is 1. The molecule has 0 aliphatic carbocycles. The zero-order valence-electron chi connectivity index (χ0n) is 9.05. The van der Waals surface area contributed by atoms with Gasteiger partial charge in [-0.05, 0) is 19.1 Å². The van der Waals surface area contributed by atoms with Crippen LogP contribution in [0.1, 0.15) is 18.9 Å². The summed E-state index contributed by atoms with van der Waals surface area (Å²) in [6.07, 6.45) is 2.41. The van der Waals surface area contributed by atoms with E-state index in [1.165, 1.54) is 0 Å². The lowest BCUT2D eigenvalue weighted by Gasteiger charge is -2.20. The van der Waals surface area contributed by atoms with Crippen molar-refractivity contribution in [3.8, 4) is 0 Å². The highest BCUT2D eigenvalue weighted by Crippen LogP contribution is 2.25. The largest absolute Gasteiger partial charge is 0.385 e. The Morgan fingerprint density at radius 3 is 2.94 bits per heavy atom. The number of hydrogen-bond acceptors (Lipinski definition) is 3. The van der Waals surface area contributed by atoms with Crippen molar-refractivity contribution in [2.75, 3.05) is 0 Å². The second kappa shape index (κ2) is 4.02. The normalized spacial score (nSPS) is 14.6. The van der Waals surface area contributed by atoms with Crippen LogP contribution in [0.3, 0.4) is 0 Å². The Bertz CT molecular complexity index is 520. The fourth-order valence-electron chi connectivity index (χ4n) is 1.65. The molecule has 3 nitrogen and oxygen atoms in total. The van der Waals surface area contributed by atoms with Gasteiger partial charge in [-0.2, -0.15) is 0 Å². The molecule has 1 heterocycles. The molecule has 1 aromatic heterocycles. The number of fused-ring (bicyclic) bond motifs is 1. The molecule has 0 saturated carbocycles. The molecule has 16 heavy (non-hydrogen) atoms. The summed E-state index contributed by atoms with van der Waals surface area (Å²) in [6, 6.07) is 9.54. The lowest BCUT2D eigenvalue weighted by molar-refractivity contribution is -0.112. The zero-order valence-corrected chi connectivity index (χ0v) is 9.05. The third-order valence-corrected chi connectivity index (χ3v) is 2.69. The first-order valence-corrected chi connectivity index (χ1v) is 5.15. The van der Waals surface area contributed by atoms with Crippen molar-refractivity contribution in [3.05, 3.63) is 42.1 Å². The highest BCUT2D eigenvalue weighted by Gasteiger charge is 2.22. The summed E-state index contributed by atoms with van der Waals surface area (Å²) in [5.41, 5.74) is 0.408. The van der Waals surface area contributed by atoms with E-state index in [0.717, 1.165) is 17.2 Å². The standard InChI is InChI=1S/C13H13NO2/c1-13(16,6-7-15)11-8-10-4-2-3-5-12(10)14-9-11/h2-5,7-9,16H,6H2,1H3. The van der Waals surface area contributed by atoms with Crippen LogP contribution in [0.2, 0.25) is 0 Å². The Kier molecular flexibility index (Phi) is 2.71. The molecule has 0 aliphatic heterocycles. The number of carbonyl (C=O) groups is 1. The second-order valence-electron chi connectivity index (χ2n) is 4.06. The van der Waals surface area contributed by atoms with Gasteiger partial charge in [0.25, 0.3) is 0 Å². The Labute approximate surface area is 93.7 Å².